The molecule has 32 heavy (non-hydrogen) atoms. The summed E-state index contributed by atoms with van der Waals surface area (Å²) in [7, 11) is 0. The van der Waals surface area contributed by atoms with Crippen molar-refractivity contribution < 1.29 is 13.9 Å². The van der Waals surface area contributed by atoms with Crippen LogP contribution in [0.3, 0.4) is 0 Å². The standard InChI is InChI=1S/C26H28FN3O2/c27-23-10-12-24(13-11-23)29-26(31)25(20-6-2-1-3-7-20)28-18-21-8-4-5-9-22(21)19-30-14-16-32-17-15-30/h1-13,25,28H,14-19H2,(H,29,31)/t25-/m0/s1. The number of ether oxygens (including phenoxy) is 1. The van der Waals surface area contributed by atoms with E-state index in [0.717, 1.165) is 44.0 Å². The number of hydrogen-bond acceptors (Lipinski definition) is 4. The second kappa shape index (κ2) is 11.0. The number of amides is 1. The van der Waals surface area contributed by atoms with Crippen LogP contribution in [0, 0.1) is 5.82 Å². The van der Waals surface area contributed by atoms with Crippen molar-refractivity contribution in [3.8, 4) is 0 Å². The zero-order valence-electron chi connectivity index (χ0n) is 18.0. The molecular formula is C26H28FN3O2. The molecule has 166 valence electrons. The lowest BCUT2D eigenvalue weighted by Gasteiger charge is -2.27. The molecule has 3 aromatic rings. The van der Waals surface area contributed by atoms with Crippen LogP contribution in [-0.4, -0.2) is 37.1 Å². The molecule has 0 unspecified atom stereocenters. The summed E-state index contributed by atoms with van der Waals surface area (Å²) in [6.45, 7) is 4.79. The Morgan fingerprint density at radius 2 is 1.56 bits per heavy atom. The summed E-state index contributed by atoms with van der Waals surface area (Å²) in [5, 5.41) is 6.33. The van der Waals surface area contributed by atoms with Crippen molar-refractivity contribution in [1.82, 2.24) is 10.2 Å². The second-order valence-electron chi connectivity index (χ2n) is 7.88. The van der Waals surface area contributed by atoms with E-state index in [4.69, 9.17) is 4.74 Å². The van der Waals surface area contributed by atoms with E-state index in [1.165, 1.54) is 17.7 Å². The van der Waals surface area contributed by atoms with Crippen LogP contribution in [0.15, 0.2) is 78.9 Å². The summed E-state index contributed by atoms with van der Waals surface area (Å²) in [5.41, 5.74) is 3.84. The van der Waals surface area contributed by atoms with Crippen LogP contribution in [0.1, 0.15) is 22.7 Å². The lowest BCUT2D eigenvalue weighted by atomic mass is 10.0. The Kier molecular flexibility index (Phi) is 7.61. The number of nitrogens with zero attached hydrogens (tertiary/aromatic N) is 1. The molecule has 1 fully saturated rings. The van der Waals surface area contributed by atoms with Crippen molar-refractivity contribution >= 4 is 11.6 Å². The molecule has 1 heterocycles. The lowest BCUT2D eigenvalue weighted by molar-refractivity contribution is -0.118. The van der Waals surface area contributed by atoms with Gasteiger partial charge in [0.2, 0.25) is 5.91 Å². The van der Waals surface area contributed by atoms with Crippen molar-refractivity contribution in [1.29, 1.82) is 0 Å². The highest BCUT2D eigenvalue weighted by atomic mass is 19.1. The van der Waals surface area contributed by atoms with E-state index < -0.39 is 6.04 Å². The topological polar surface area (TPSA) is 53.6 Å². The van der Waals surface area contributed by atoms with Crippen molar-refractivity contribution in [3.63, 3.8) is 0 Å². The molecule has 5 nitrogen and oxygen atoms in total. The number of morpholine rings is 1. The zero-order valence-corrected chi connectivity index (χ0v) is 18.0. The molecule has 0 saturated carbocycles. The molecule has 3 aromatic carbocycles. The molecule has 1 saturated heterocycles. The Bertz CT molecular complexity index is 1010. The number of carbonyl (C=O) groups excluding carboxylic acids is 1. The molecule has 1 atom stereocenters. The minimum atomic E-state index is -0.544. The van der Waals surface area contributed by atoms with E-state index in [2.05, 4.69) is 33.7 Å². The van der Waals surface area contributed by atoms with Crippen molar-refractivity contribution in [2.45, 2.75) is 19.1 Å². The van der Waals surface area contributed by atoms with Gasteiger partial charge in [-0.3, -0.25) is 15.0 Å². The van der Waals surface area contributed by atoms with Crippen LogP contribution >= 0.6 is 0 Å². The van der Waals surface area contributed by atoms with Gasteiger partial charge in [-0.05, 0) is 41.0 Å². The highest BCUT2D eigenvalue weighted by Crippen LogP contribution is 2.19. The van der Waals surface area contributed by atoms with Crippen LogP contribution in [0.25, 0.3) is 0 Å². The average molecular weight is 434 g/mol. The van der Waals surface area contributed by atoms with E-state index in [-0.39, 0.29) is 11.7 Å². The monoisotopic (exact) mass is 433 g/mol. The van der Waals surface area contributed by atoms with Gasteiger partial charge in [-0.15, -0.1) is 0 Å². The molecule has 1 amide bonds. The van der Waals surface area contributed by atoms with Gasteiger partial charge in [-0.1, -0.05) is 54.6 Å². The SMILES string of the molecule is O=C(Nc1ccc(F)cc1)[C@@H](NCc1ccccc1CN1CCOCC1)c1ccccc1. The molecule has 0 radical (unpaired) electrons. The summed E-state index contributed by atoms with van der Waals surface area (Å²) in [6.07, 6.45) is 0. The molecule has 0 aromatic heterocycles. The first-order valence-corrected chi connectivity index (χ1v) is 10.9. The van der Waals surface area contributed by atoms with Crippen LogP contribution in [0.5, 0.6) is 0 Å². The fourth-order valence-electron chi connectivity index (χ4n) is 3.85. The fraction of sp³-hybridized carbons (Fsp3) is 0.269. The van der Waals surface area contributed by atoms with E-state index in [1.807, 2.05) is 36.4 Å². The van der Waals surface area contributed by atoms with Gasteiger partial charge < -0.3 is 10.1 Å². The van der Waals surface area contributed by atoms with Crippen LogP contribution < -0.4 is 10.6 Å². The second-order valence-corrected chi connectivity index (χ2v) is 7.88. The Balaban J connectivity index is 1.48. The maximum atomic E-state index is 13.2. The van der Waals surface area contributed by atoms with Crippen LogP contribution in [0.4, 0.5) is 10.1 Å². The van der Waals surface area contributed by atoms with Gasteiger partial charge in [0, 0.05) is 31.9 Å². The van der Waals surface area contributed by atoms with Gasteiger partial charge in [0.05, 0.1) is 13.2 Å². The number of halogens is 1. The number of anilines is 1. The maximum Gasteiger partial charge on any atom is 0.246 e. The van der Waals surface area contributed by atoms with Gasteiger partial charge in [0.15, 0.2) is 0 Å². The van der Waals surface area contributed by atoms with E-state index in [1.54, 1.807) is 12.1 Å². The third-order valence-electron chi connectivity index (χ3n) is 5.62. The Morgan fingerprint density at radius 1 is 0.906 bits per heavy atom. The van der Waals surface area contributed by atoms with Gasteiger partial charge in [-0.2, -0.15) is 0 Å². The summed E-state index contributed by atoms with van der Waals surface area (Å²) in [5.74, 6) is -0.522. The molecule has 0 spiro atoms. The van der Waals surface area contributed by atoms with Crippen molar-refractivity contribution in [2.75, 3.05) is 31.6 Å². The fourth-order valence-corrected chi connectivity index (χ4v) is 3.85. The molecular weight excluding hydrogens is 405 g/mol. The molecule has 1 aliphatic rings. The minimum Gasteiger partial charge on any atom is -0.379 e. The summed E-state index contributed by atoms with van der Waals surface area (Å²) >= 11 is 0. The van der Waals surface area contributed by atoms with Crippen LogP contribution in [-0.2, 0) is 22.6 Å². The molecule has 0 bridgehead atoms. The summed E-state index contributed by atoms with van der Waals surface area (Å²) in [6, 6.07) is 23.2. The molecule has 1 aliphatic heterocycles. The lowest BCUT2D eigenvalue weighted by Crippen LogP contribution is -2.36. The van der Waals surface area contributed by atoms with E-state index in [0.29, 0.717) is 12.2 Å². The Hall–Kier alpha value is -3.06. The smallest absolute Gasteiger partial charge is 0.246 e. The minimum absolute atomic E-state index is 0.187. The first-order chi connectivity index (χ1) is 15.7. The summed E-state index contributed by atoms with van der Waals surface area (Å²) in [4.78, 5) is 15.5. The highest BCUT2D eigenvalue weighted by Gasteiger charge is 2.21. The maximum absolute atomic E-state index is 13.2. The first-order valence-electron chi connectivity index (χ1n) is 10.9. The van der Waals surface area contributed by atoms with Gasteiger partial charge in [0.25, 0.3) is 0 Å². The number of benzene rings is 3. The predicted molar refractivity (Wildman–Crippen MR) is 124 cm³/mol. The van der Waals surface area contributed by atoms with Gasteiger partial charge in [0.1, 0.15) is 11.9 Å². The van der Waals surface area contributed by atoms with E-state index >= 15 is 0 Å². The number of hydrogen-bond donors (Lipinski definition) is 2. The Morgan fingerprint density at radius 3 is 2.28 bits per heavy atom. The first kappa shape index (κ1) is 22.1. The normalized spacial score (nSPS) is 15.3. The van der Waals surface area contributed by atoms with Crippen molar-refractivity contribution in [2.24, 2.45) is 0 Å². The third-order valence-corrected chi connectivity index (χ3v) is 5.62. The largest absolute Gasteiger partial charge is 0.379 e. The predicted octanol–water partition coefficient (Wildman–Crippen LogP) is 4.13. The van der Waals surface area contributed by atoms with Gasteiger partial charge >= 0.3 is 0 Å². The third kappa shape index (κ3) is 6.01. The van der Waals surface area contributed by atoms with Crippen molar-refractivity contribution in [3.05, 3.63) is 101 Å². The van der Waals surface area contributed by atoms with E-state index in [9.17, 15) is 9.18 Å². The zero-order chi connectivity index (χ0) is 22.2. The Labute approximate surface area is 188 Å². The number of nitrogens with one attached hydrogen (secondary N) is 2. The molecule has 6 heteroatoms. The molecule has 0 aliphatic carbocycles. The molecule has 4 rings (SSSR count). The quantitative estimate of drug-likeness (QED) is 0.561. The average Bonchev–Trinajstić information content (AvgIpc) is 2.83. The number of rotatable bonds is 8. The summed E-state index contributed by atoms with van der Waals surface area (Å²) < 4.78 is 18.7. The number of carbonyl (C=O) groups is 1. The molecule has 2 N–H and O–H groups in total. The van der Waals surface area contributed by atoms with Gasteiger partial charge in [-0.25, -0.2) is 4.39 Å². The van der Waals surface area contributed by atoms with Crippen LogP contribution in [0.2, 0.25) is 0 Å². The highest BCUT2D eigenvalue weighted by molar-refractivity contribution is 5.95.